The normalized spacial score (nSPS) is 11.7. The third-order valence-corrected chi connectivity index (χ3v) is 4.94. The summed E-state index contributed by atoms with van der Waals surface area (Å²) in [7, 11) is -3.42. The van der Waals surface area contributed by atoms with E-state index in [4.69, 9.17) is 4.42 Å². The Kier molecular flexibility index (Phi) is 5.80. The lowest BCUT2D eigenvalue weighted by atomic mass is 10.1. The fraction of sp³-hybridized carbons (Fsp3) is 0.353. The number of hydrogen-bond donors (Lipinski definition) is 2. The Balaban J connectivity index is 2.09. The predicted octanol–water partition coefficient (Wildman–Crippen LogP) is 2.35. The van der Waals surface area contributed by atoms with E-state index in [-0.39, 0.29) is 24.2 Å². The molecule has 0 aliphatic carbocycles. The van der Waals surface area contributed by atoms with E-state index in [9.17, 15) is 13.2 Å². The zero-order chi connectivity index (χ0) is 17.7. The van der Waals surface area contributed by atoms with Crippen LogP contribution in [0.4, 0.5) is 0 Å². The van der Waals surface area contributed by atoms with E-state index in [0.717, 1.165) is 5.56 Å². The zero-order valence-corrected chi connectivity index (χ0v) is 14.8. The highest BCUT2D eigenvalue weighted by Crippen LogP contribution is 2.14. The van der Waals surface area contributed by atoms with E-state index in [1.165, 1.54) is 6.26 Å². The molecule has 1 heterocycles. The maximum atomic E-state index is 12.1. The molecule has 2 rings (SSSR count). The summed E-state index contributed by atoms with van der Waals surface area (Å²) in [4.78, 5) is 12.1. The van der Waals surface area contributed by atoms with Crippen molar-refractivity contribution in [1.82, 2.24) is 10.0 Å². The number of hydrogen-bond acceptors (Lipinski definition) is 4. The van der Waals surface area contributed by atoms with Crippen molar-refractivity contribution in [3.05, 3.63) is 59.0 Å². The number of rotatable bonds is 7. The second kappa shape index (κ2) is 7.63. The number of nitrogens with one attached hydrogen (secondary N) is 2. The average Bonchev–Trinajstić information content (AvgIpc) is 2.90. The van der Waals surface area contributed by atoms with Gasteiger partial charge >= 0.3 is 0 Å². The van der Waals surface area contributed by atoms with Crippen molar-refractivity contribution in [2.75, 3.05) is 0 Å². The van der Waals surface area contributed by atoms with E-state index < -0.39 is 10.0 Å². The van der Waals surface area contributed by atoms with Crippen molar-refractivity contribution < 1.29 is 17.6 Å². The first-order valence-corrected chi connectivity index (χ1v) is 9.33. The Morgan fingerprint density at radius 3 is 2.42 bits per heavy atom. The molecule has 0 fully saturated rings. The van der Waals surface area contributed by atoms with Crippen molar-refractivity contribution >= 4 is 15.9 Å². The summed E-state index contributed by atoms with van der Waals surface area (Å²) in [5.41, 5.74) is 1.90. The second-order valence-corrected chi connectivity index (χ2v) is 7.63. The van der Waals surface area contributed by atoms with Gasteiger partial charge < -0.3 is 9.73 Å². The fourth-order valence-electron chi connectivity index (χ4n) is 2.37. The Labute approximate surface area is 142 Å². The summed E-state index contributed by atoms with van der Waals surface area (Å²) < 4.78 is 31.9. The van der Waals surface area contributed by atoms with Gasteiger partial charge in [0.05, 0.1) is 17.6 Å². The number of benzene rings is 1. The monoisotopic (exact) mass is 350 g/mol. The Bertz CT molecular complexity index is 810. The molecule has 2 N–H and O–H groups in total. The van der Waals surface area contributed by atoms with Crippen LogP contribution >= 0.6 is 0 Å². The Morgan fingerprint density at radius 2 is 1.83 bits per heavy atom. The minimum Gasteiger partial charge on any atom is -0.469 e. The molecule has 0 spiro atoms. The van der Waals surface area contributed by atoms with Gasteiger partial charge in [0.2, 0.25) is 10.0 Å². The molecule has 1 aromatic heterocycles. The van der Waals surface area contributed by atoms with Gasteiger partial charge in [0.15, 0.2) is 0 Å². The quantitative estimate of drug-likeness (QED) is 0.802. The maximum Gasteiger partial charge on any atom is 0.255 e. The molecule has 0 radical (unpaired) electrons. The summed E-state index contributed by atoms with van der Waals surface area (Å²) in [6.07, 6.45) is 1.46. The summed E-state index contributed by atoms with van der Waals surface area (Å²) in [6.45, 7) is 5.51. The summed E-state index contributed by atoms with van der Waals surface area (Å²) >= 11 is 0. The molecule has 0 saturated carbocycles. The molecule has 24 heavy (non-hydrogen) atoms. The number of furan rings is 1. The first kappa shape index (κ1) is 18.2. The average molecular weight is 350 g/mol. The predicted molar refractivity (Wildman–Crippen MR) is 92.0 cm³/mol. The molecule has 0 bridgehead atoms. The number of amides is 1. The lowest BCUT2D eigenvalue weighted by Gasteiger charge is -2.13. The van der Waals surface area contributed by atoms with Crippen LogP contribution in [0, 0.1) is 6.92 Å². The molecule has 6 nitrogen and oxygen atoms in total. The highest BCUT2D eigenvalue weighted by molar-refractivity contribution is 7.88. The lowest BCUT2D eigenvalue weighted by Crippen LogP contribution is -2.32. The van der Waals surface area contributed by atoms with Crippen LogP contribution in [0.2, 0.25) is 0 Å². The molecule has 0 atom stereocenters. The topological polar surface area (TPSA) is 88.4 Å². The molecule has 2 aromatic rings. The summed E-state index contributed by atoms with van der Waals surface area (Å²) in [5.74, 6) is 0.172. The molecule has 0 unspecified atom stereocenters. The van der Waals surface area contributed by atoms with E-state index in [1.54, 1.807) is 39.0 Å². The van der Waals surface area contributed by atoms with Gasteiger partial charge in [-0.05, 0) is 38.0 Å². The van der Waals surface area contributed by atoms with Crippen LogP contribution in [-0.4, -0.2) is 20.4 Å². The molecular formula is C17H22N2O4S. The Hall–Kier alpha value is -2.12. The molecule has 1 amide bonds. The van der Waals surface area contributed by atoms with Crippen LogP contribution in [0.15, 0.2) is 41.0 Å². The highest BCUT2D eigenvalue weighted by Gasteiger charge is 2.16. The molecule has 130 valence electrons. The SMILES string of the molecule is Cc1occc1C(=O)NCc1ccccc1CS(=O)(=O)NC(C)C. The van der Waals surface area contributed by atoms with E-state index in [2.05, 4.69) is 10.0 Å². The number of carbonyl (C=O) groups excluding carboxylic acids is 1. The van der Waals surface area contributed by atoms with Gasteiger partial charge in [-0.2, -0.15) is 0 Å². The highest BCUT2D eigenvalue weighted by atomic mass is 32.2. The first-order valence-electron chi connectivity index (χ1n) is 7.67. The van der Waals surface area contributed by atoms with Crippen molar-refractivity contribution in [2.45, 2.75) is 39.1 Å². The van der Waals surface area contributed by atoms with Crippen LogP contribution in [0.25, 0.3) is 0 Å². The van der Waals surface area contributed by atoms with Crippen LogP contribution in [0.3, 0.4) is 0 Å². The molecule has 0 saturated heterocycles. The second-order valence-electron chi connectivity index (χ2n) is 5.87. The van der Waals surface area contributed by atoms with Crippen molar-refractivity contribution in [1.29, 1.82) is 0 Å². The van der Waals surface area contributed by atoms with Gasteiger partial charge in [0.25, 0.3) is 5.91 Å². The van der Waals surface area contributed by atoms with E-state index in [1.807, 2.05) is 12.1 Å². The smallest absolute Gasteiger partial charge is 0.255 e. The third-order valence-electron chi connectivity index (χ3n) is 3.42. The van der Waals surface area contributed by atoms with Crippen molar-refractivity contribution in [2.24, 2.45) is 0 Å². The van der Waals surface area contributed by atoms with E-state index >= 15 is 0 Å². The van der Waals surface area contributed by atoms with Gasteiger partial charge in [-0.15, -0.1) is 0 Å². The van der Waals surface area contributed by atoms with Crippen molar-refractivity contribution in [3.8, 4) is 0 Å². The van der Waals surface area contributed by atoms with Crippen molar-refractivity contribution in [3.63, 3.8) is 0 Å². The number of sulfonamides is 1. The minimum absolute atomic E-state index is 0.123. The van der Waals surface area contributed by atoms with Gasteiger partial charge in [-0.1, -0.05) is 24.3 Å². The minimum atomic E-state index is -3.42. The zero-order valence-electron chi connectivity index (χ0n) is 14.0. The number of aryl methyl sites for hydroxylation is 1. The number of carbonyl (C=O) groups is 1. The van der Waals surface area contributed by atoms with Crippen LogP contribution in [-0.2, 0) is 22.3 Å². The van der Waals surface area contributed by atoms with Gasteiger partial charge in [0.1, 0.15) is 5.76 Å². The molecular weight excluding hydrogens is 328 g/mol. The van der Waals surface area contributed by atoms with Gasteiger partial charge in [-0.3, -0.25) is 4.79 Å². The van der Waals surface area contributed by atoms with E-state index in [0.29, 0.717) is 16.9 Å². The van der Waals surface area contributed by atoms with Gasteiger partial charge in [0, 0.05) is 12.6 Å². The molecule has 1 aromatic carbocycles. The first-order chi connectivity index (χ1) is 11.3. The fourth-order valence-corrected chi connectivity index (χ4v) is 3.86. The Morgan fingerprint density at radius 1 is 1.17 bits per heavy atom. The van der Waals surface area contributed by atoms with Crippen LogP contribution in [0.1, 0.15) is 41.1 Å². The molecule has 0 aliphatic rings. The lowest BCUT2D eigenvalue weighted by molar-refractivity contribution is 0.0949. The third kappa shape index (κ3) is 4.94. The summed E-state index contributed by atoms with van der Waals surface area (Å²) in [6, 6.07) is 8.61. The standard InChI is InChI=1S/C17H22N2O4S/c1-12(2)19-24(21,22)11-15-7-5-4-6-14(15)10-18-17(20)16-8-9-23-13(16)3/h4-9,12,19H,10-11H2,1-3H3,(H,18,20). The largest absolute Gasteiger partial charge is 0.469 e. The maximum absolute atomic E-state index is 12.1. The molecule has 7 heteroatoms. The van der Waals surface area contributed by atoms with Gasteiger partial charge in [-0.25, -0.2) is 13.1 Å². The van der Waals surface area contributed by atoms with Crippen LogP contribution < -0.4 is 10.0 Å². The molecule has 0 aliphatic heterocycles. The summed E-state index contributed by atoms with van der Waals surface area (Å²) in [5, 5.41) is 2.79. The van der Waals surface area contributed by atoms with Crippen LogP contribution in [0.5, 0.6) is 0 Å².